The number of rotatable bonds is 8. The van der Waals surface area contributed by atoms with Crippen LogP contribution in [0.2, 0.25) is 0 Å². The number of carbonyl (C=O) groups is 1. The predicted octanol–water partition coefficient (Wildman–Crippen LogP) is 1.25. The summed E-state index contributed by atoms with van der Waals surface area (Å²) in [6.07, 6.45) is 1.81. The third kappa shape index (κ3) is 3.97. The molecule has 172 valence electrons. The number of aromatic nitrogens is 1. The number of methoxy groups -OCH3 is 3. The fourth-order valence-electron chi connectivity index (χ4n) is 3.32. The van der Waals surface area contributed by atoms with E-state index >= 15 is 0 Å². The number of nitrogens with two attached hydrogens (primary N) is 1. The van der Waals surface area contributed by atoms with Gasteiger partial charge in [-0.25, -0.2) is 12.7 Å². The standard InChI is InChI=1S/C21H25N3O7S/c1-23-8-7-13-9-14(5-6-17(13)23)24(21(26)16(22)12-25)32(27,28)15-10-18(29-2)20(31-4)19(11-15)30-3/h5-11,16,25H,12,22H2,1-4H3/t16-/m0/s1. The lowest BCUT2D eigenvalue weighted by Crippen LogP contribution is -2.48. The Morgan fingerprint density at radius 2 is 1.72 bits per heavy atom. The van der Waals surface area contributed by atoms with Crippen molar-refractivity contribution in [3.63, 3.8) is 0 Å². The summed E-state index contributed by atoms with van der Waals surface area (Å²) in [6, 6.07) is 7.55. The average Bonchev–Trinajstić information content (AvgIpc) is 3.17. The highest BCUT2D eigenvalue weighted by atomic mass is 32.2. The van der Waals surface area contributed by atoms with E-state index < -0.39 is 28.6 Å². The summed E-state index contributed by atoms with van der Waals surface area (Å²) >= 11 is 0. The fraction of sp³-hybridized carbons (Fsp3) is 0.286. The third-order valence-corrected chi connectivity index (χ3v) is 6.70. The van der Waals surface area contributed by atoms with Gasteiger partial charge in [-0.2, -0.15) is 0 Å². The molecule has 0 aliphatic rings. The Labute approximate surface area is 185 Å². The zero-order chi connectivity index (χ0) is 23.6. The molecule has 3 N–H and O–H groups in total. The molecule has 1 heterocycles. The fourth-order valence-corrected chi connectivity index (χ4v) is 4.81. The first-order chi connectivity index (χ1) is 15.2. The third-order valence-electron chi connectivity index (χ3n) is 4.99. The van der Waals surface area contributed by atoms with Gasteiger partial charge in [0, 0.05) is 36.3 Å². The average molecular weight is 464 g/mol. The number of aliphatic hydroxyl groups excluding tert-OH is 1. The molecule has 3 aromatic rings. The first-order valence-electron chi connectivity index (χ1n) is 9.50. The summed E-state index contributed by atoms with van der Waals surface area (Å²) in [5.74, 6) is -0.591. The van der Waals surface area contributed by atoms with Gasteiger partial charge >= 0.3 is 0 Å². The number of carbonyl (C=O) groups excluding carboxylic acids is 1. The van der Waals surface area contributed by atoms with Gasteiger partial charge < -0.3 is 29.6 Å². The van der Waals surface area contributed by atoms with Crippen LogP contribution in [0.3, 0.4) is 0 Å². The van der Waals surface area contributed by atoms with Crippen molar-refractivity contribution >= 4 is 32.5 Å². The quantitative estimate of drug-likeness (QED) is 0.510. The van der Waals surface area contributed by atoms with E-state index in [1.807, 2.05) is 17.8 Å². The van der Waals surface area contributed by atoms with E-state index in [9.17, 15) is 18.3 Å². The van der Waals surface area contributed by atoms with Crippen LogP contribution in [0.25, 0.3) is 10.9 Å². The van der Waals surface area contributed by atoms with Crippen molar-refractivity contribution in [2.24, 2.45) is 12.8 Å². The van der Waals surface area contributed by atoms with Crippen LogP contribution in [0.1, 0.15) is 0 Å². The highest BCUT2D eigenvalue weighted by Crippen LogP contribution is 2.41. The molecule has 32 heavy (non-hydrogen) atoms. The molecule has 2 aromatic carbocycles. The van der Waals surface area contributed by atoms with Crippen LogP contribution >= 0.6 is 0 Å². The van der Waals surface area contributed by atoms with Gasteiger partial charge in [0.25, 0.3) is 15.9 Å². The molecule has 0 spiro atoms. The van der Waals surface area contributed by atoms with E-state index in [0.717, 1.165) is 10.9 Å². The van der Waals surface area contributed by atoms with E-state index in [2.05, 4.69) is 0 Å². The number of fused-ring (bicyclic) bond motifs is 1. The molecular formula is C21H25N3O7S. The Hall–Kier alpha value is -3.28. The molecule has 0 saturated carbocycles. The molecular weight excluding hydrogens is 438 g/mol. The number of anilines is 1. The molecule has 1 aromatic heterocycles. The zero-order valence-electron chi connectivity index (χ0n) is 18.1. The van der Waals surface area contributed by atoms with Crippen LogP contribution in [0.5, 0.6) is 17.2 Å². The maximum Gasteiger partial charge on any atom is 0.271 e. The molecule has 0 bridgehead atoms. The number of hydrogen-bond donors (Lipinski definition) is 2. The van der Waals surface area contributed by atoms with Crippen molar-refractivity contribution in [3.05, 3.63) is 42.6 Å². The van der Waals surface area contributed by atoms with Gasteiger partial charge in [-0.1, -0.05) is 0 Å². The Kier molecular flexibility index (Phi) is 6.63. The Bertz CT molecular complexity index is 1230. The van der Waals surface area contributed by atoms with Crippen molar-refractivity contribution in [1.29, 1.82) is 0 Å². The number of benzene rings is 2. The number of ether oxygens (including phenoxy) is 3. The van der Waals surface area contributed by atoms with Crippen LogP contribution in [0, 0.1) is 0 Å². The van der Waals surface area contributed by atoms with Crippen LogP contribution in [0.15, 0.2) is 47.5 Å². The van der Waals surface area contributed by atoms with Gasteiger partial charge in [0.2, 0.25) is 5.75 Å². The first-order valence-corrected chi connectivity index (χ1v) is 10.9. The van der Waals surface area contributed by atoms with E-state index in [4.69, 9.17) is 19.9 Å². The van der Waals surface area contributed by atoms with Crippen LogP contribution < -0.4 is 24.2 Å². The molecule has 0 saturated heterocycles. The van der Waals surface area contributed by atoms with Crippen LogP contribution in [-0.2, 0) is 21.9 Å². The van der Waals surface area contributed by atoms with Crippen molar-refractivity contribution in [3.8, 4) is 17.2 Å². The number of aryl methyl sites for hydroxylation is 1. The molecule has 0 aliphatic heterocycles. The molecule has 1 atom stereocenters. The lowest BCUT2D eigenvalue weighted by Gasteiger charge is -2.25. The zero-order valence-corrected chi connectivity index (χ0v) is 18.9. The molecule has 0 unspecified atom stereocenters. The van der Waals surface area contributed by atoms with Crippen LogP contribution in [0.4, 0.5) is 5.69 Å². The van der Waals surface area contributed by atoms with Gasteiger partial charge in [0.05, 0.1) is 38.5 Å². The Balaban J connectivity index is 2.24. The van der Waals surface area contributed by atoms with Gasteiger partial charge in [-0.3, -0.25) is 4.79 Å². The predicted molar refractivity (Wildman–Crippen MR) is 119 cm³/mol. The minimum Gasteiger partial charge on any atom is -0.493 e. The summed E-state index contributed by atoms with van der Waals surface area (Å²) in [5, 5.41) is 10.1. The summed E-state index contributed by atoms with van der Waals surface area (Å²) < 4.78 is 45.6. The van der Waals surface area contributed by atoms with Gasteiger partial charge in [-0.05, 0) is 24.3 Å². The topological polar surface area (TPSA) is 133 Å². The molecule has 10 nitrogen and oxygen atoms in total. The minimum absolute atomic E-state index is 0.0753. The monoisotopic (exact) mass is 463 g/mol. The number of amides is 1. The SMILES string of the molecule is COc1cc(S(=O)(=O)N(C(=O)[C@@H](N)CO)c2ccc3c(ccn3C)c2)cc(OC)c1OC. The van der Waals surface area contributed by atoms with E-state index in [0.29, 0.717) is 4.31 Å². The second-order valence-corrected chi connectivity index (χ2v) is 8.71. The Morgan fingerprint density at radius 3 is 2.25 bits per heavy atom. The largest absolute Gasteiger partial charge is 0.493 e. The lowest BCUT2D eigenvalue weighted by molar-refractivity contribution is -0.119. The molecule has 0 aliphatic carbocycles. The van der Waals surface area contributed by atoms with E-state index in [1.54, 1.807) is 18.2 Å². The first kappa shape index (κ1) is 23.4. The van der Waals surface area contributed by atoms with Gasteiger partial charge in [0.15, 0.2) is 11.5 Å². The second-order valence-electron chi connectivity index (χ2n) is 6.93. The van der Waals surface area contributed by atoms with Crippen molar-refractivity contribution in [1.82, 2.24) is 4.57 Å². The second kappa shape index (κ2) is 9.07. The molecule has 0 radical (unpaired) electrons. The summed E-state index contributed by atoms with van der Waals surface area (Å²) in [7, 11) is 1.44. The summed E-state index contributed by atoms with van der Waals surface area (Å²) in [6.45, 7) is -0.728. The maximum atomic E-state index is 13.7. The van der Waals surface area contributed by atoms with Gasteiger partial charge in [-0.15, -0.1) is 0 Å². The highest BCUT2D eigenvalue weighted by Gasteiger charge is 2.35. The molecule has 1 amide bonds. The van der Waals surface area contributed by atoms with Crippen LogP contribution in [-0.4, -0.2) is 58.0 Å². The van der Waals surface area contributed by atoms with Crippen molar-refractivity contribution < 1.29 is 32.5 Å². The van der Waals surface area contributed by atoms with Gasteiger partial charge in [0.1, 0.15) is 6.04 Å². The number of nitrogens with zero attached hydrogens (tertiary/aromatic N) is 2. The van der Waals surface area contributed by atoms with Crippen molar-refractivity contribution in [2.75, 3.05) is 32.2 Å². The molecule has 11 heteroatoms. The normalized spacial score (nSPS) is 12.4. The molecule has 3 rings (SSSR count). The van der Waals surface area contributed by atoms with Crippen molar-refractivity contribution in [2.45, 2.75) is 10.9 Å². The minimum atomic E-state index is -4.49. The van der Waals surface area contributed by atoms with E-state index in [1.165, 1.54) is 39.5 Å². The number of sulfonamides is 1. The molecule has 0 fully saturated rings. The Morgan fingerprint density at radius 1 is 1.09 bits per heavy atom. The number of hydrogen-bond acceptors (Lipinski definition) is 8. The highest BCUT2D eigenvalue weighted by molar-refractivity contribution is 7.93. The number of aliphatic hydroxyl groups is 1. The smallest absolute Gasteiger partial charge is 0.271 e. The summed E-state index contributed by atoms with van der Waals surface area (Å²) in [5.41, 5.74) is 6.65. The summed E-state index contributed by atoms with van der Waals surface area (Å²) in [4.78, 5) is 12.8. The lowest BCUT2D eigenvalue weighted by atomic mass is 10.2. The van der Waals surface area contributed by atoms with E-state index in [-0.39, 0.29) is 27.8 Å². The maximum absolute atomic E-state index is 13.7.